The van der Waals surface area contributed by atoms with E-state index in [4.69, 9.17) is 33.1 Å². The van der Waals surface area contributed by atoms with Gasteiger partial charge in [0.2, 0.25) is 0 Å². The van der Waals surface area contributed by atoms with Gasteiger partial charge in [-0.05, 0) is 18.2 Å². The van der Waals surface area contributed by atoms with Crippen LogP contribution in [0.25, 0.3) is 11.4 Å². The van der Waals surface area contributed by atoms with Crippen molar-refractivity contribution < 1.29 is 13.2 Å². The van der Waals surface area contributed by atoms with Crippen LogP contribution >= 0.6 is 23.2 Å². The van der Waals surface area contributed by atoms with Crippen LogP contribution in [0.3, 0.4) is 0 Å². The molecule has 0 unspecified atom stereocenters. The first kappa shape index (κ1) is 16.2. The zero-order chi connectivity index (χ0) is 15.6. The minimum Gasteiger partial charge on any atom is -0.383 e. The van der Waals surface area contributed by atoms with Crippen LogP contribution in [0.1, 0.15) is 0 Å². The number of primary sulfonamides is 1. The number of nitrogens with zero attached hydrogens (tertiary/aromatic N) is 3. The number of nitrogens with two attached hydrogens (primary N) is 1. The predicted molar refractivity (Wildman–Crippen MR) is 78.7 cm³/mol. The Morgan fingerprint density at radius 1 is 1.29 bits per heavy atom. The third kappa shape index (κ3) is 3.53. The Kier molecular flexibility index (Phi) is 4.84. The van der Waals surface area contributed by atoms with Crippen LogP contribution in [0, 0.1) is 0 Å². The highest BCUT2D eigenvalue weighted by Gasteiger charge is 2.22. The number of halogens is 2. The lowest BCUT2D eigenvalue weighted by molar-refractivity contribution is 0.185. The van der Waals surface area contributed by atoms with Gasteiger partial charge in [0.1, 0.15) is 0 Å². The van der Waals surface area contributed by atoms with Crippen LogP contribution in [-0.2, 0) is 21.3 Å². The molecule has 1 heterocycles. The summed E-state index contributed by atoms with van der Waals surface area (Å²) in [6, 6.07) is 4.82. The zero-order valence-electron chi connectivity index (χ0n) is 11.0. The molecule has 2 N–H and O–H groups in total. The molecule has 2 aromatic rings. The van der Waals surface area contributed by atoms with Crippen molar-refractivity contribution in [3.63, 3.8) is 0 Å². The molecule has 0 amide bonds. The zero-order valence-corrected chi connectivity index (χ0v) is 13.3. The van der Waals surface area contributed by atoms with E-state index < -0.39 is 10.0 Å². The van der Waals surface area contributed by atoms with Gasteiger partial charge >= 0.3 is 0 Å². The lowest BCUT2D eigenvalue weighted by atomic mass is 10.2. The second-order valence-electron chi connectivity index (χ2n) is 4.12. The summed E-state index contributed by atoms with van der Waals surface area (Å²) < 4.78 is 29.4. The first-order valence-electron chi connectivity index (χ1n) is 5.75. The smallest absolute Gasteiger partial charge is 0.273 e. The van der Waals surface area contributed by atoms with Crippen molar-refractivity contribution in [2.75, 3.05) is 13.7 Å². The molecular weight excluding hydrogens is 339 g/mol. The van der Waals surface area contributed by atoms with Gasteiger partial charge in [-0.3, -0.25) is 4.57 Å². The molecule has 0 saturated carbocycles. The maximum atomic E-state index is 11.5. The molecule has 21 heavy (non-hydrogen) atoms. The van der Waals surface area contributed by atoms with Gasteiger partial charge in [-0.25, -0.2) is 13.6 Å². The highest BCUT2D eigenvalue weighted by molar-refractivity contribution is 7.89. The molecule has 2 rings (SSSR count). The van der Waals surface area contributed by atoms with E-state index in [0.29, 0.717) is 21.4 Å². The number of aromatic nitrogens is 3. The van der Waals surface area contributed by atoms with Crippen LogP contribution in [-0.4, -0.2) is 36.9 Å². The van der Waals surface area contributed by atoms with Crippen LogP contribution in [0.4, 0.5) is 0 Å². The van der Waals surface area contributed by atoms with E-state index in [9.17, 15) is 8.42 Å². The van der Waals surface area contributed by atoms with E-state index in [0.717, 1.165) is 0 Å². The number of sulfonamides is 1. The Bertz CT molecular complexity index is 761. The summed E-state index contributed by atoms with van der Waals surface area (Å²) in [5.41, 5.74) is 0.572. The number of methoxy groups -OCH3 is 1. The summed E-state index contributed by atoms with van der Waals surface area (Å²) in [5, 5.41) is 13.0. The van der Waals surface area contributed by atoms with Crippen molar-refractivity contribution >= 4 is 33.2 Å². The van der Waals surface area contributed by atoms with Gasteiger partial charge in [0.25, 0.3) is 15.2 Å². The number of hydrogen-bond donors (Lipinski definition) is 1. The molecule has 0 aliphatic heterocycles. The van der Waals surface area contributed by atoms with Crippen molar-refractivity contribution in [3.8, 4) is 11.4 Å². The summed E-state index contributed by atoms with van der Waals surface area (Å²) >= 11 is 11.8. The Labute approximate surface area is 131 Å². The minimum absolute atomic E-state index is 0.227. The summed E-state index contributed by atoms with van der Waals surface area (Å²) in [4.78, 5) is 0. The van der Waals surface area contributed by atoms with Crippen LogP contribution < -0.4 is 5.14 Å². The Hall–Kier alpha value is -1.19. The largest absolute Gasteiger partial charge is 0.383 e. The Morgan fingerprint density at radius 3 is 2.57 bits per heavy atom. The molecule has 7 nitrogen and oxygen atoms in total. The quantitative estimate of drug-likeness (QED) is 0.881. The predicted octanol–water partition coefficient (Wildman–Crippen LogP) is 1.55. The van der Waals surface area contributed by atoms with Gasteiger partial charge in [-0.1, -0.05) is 23.2 Å². The highest BCUT2D eigenvalue weighted by Crippen LogP contribution is 2.28. The van der Waals surface area contributed by atoms with Crippen LogP contribution in [0.15, 0.2) is 23.4 Å². The van der Waals surface area contributed by atoms with Crippen molar-refractivity contribution in [1.82, 2.24) is 14.8 Å². The number of ether oxygens (including phenoxy) is 1. The average molecular weight is 351 g/mol. The second kappa shape index (κ2) is 6.29. The van der Waals surface area contributed by atoms with Crippen molar-refractivity contribution in [1.29, 1.82) is 0 Å². The molecule has 114 valence electrons. The molecular formula is C11H12Cl2N4O3S. The van der Waals surface area contributed by atoms with Gasteiger partial charge in [0.15, 0.2) is 5.82 Å². The molecule has 0 aliphatic rings. The third-order valence-corrected chi connectivity index (χ3v) is 4.22. The molecule has 0 spiro atoms. The summed E-state index contributed by atoms with van der Waals surface area (Å²) in [5.74, 6) is 0.314. The van der Waals surface area contributed by atoms with Gasteiger partial charge in [0, 0.05) is 12.7 Å². The molecule has 0 aliphatic carbocycles. The average Bonchev–Trinajstić information content (AvgIpc) is 2.83. The van der Waals surface area contributed by atoms with Gasteiger partial charge in [-0.2, -0.15) is 0 Å². The van der Waals surface area contributed by atoms with E-state index in [1.54, 1.807) is 18.2 Å². The monoisotopic (exact) mass is 350 g/mol. The van der Waals surface area contributed by atoms with E-state index in [1.165, 1.54) is 11.7 Å². The van der Waals surface area contributed by atoms with Crippen LogP contribution in [0.5, 0.6) is 0 Å². The minimum atomic E-state index is -3.99. The third-order valence-electron chi connectivity index (χ3n) is 2.67. The van der Waals surface area contributed by atoms with E-state index in [2.05, 4.69) is 10.2 Å². The van der Waals surface area contributed by atoms with Gasteiger partial charge in [-0.15, -0.1) is 10.2 Å². The normalized spacial score (nSPS) is 11.8. The summed E-state index contributed by atoms with van der Waals surface area (Å²) in [6.45, 7) is 0.500. The molecule has 0 bridgehead atoms. The second-order valence-corrected chi connectivity index (χ2v) is 6.39. The lowest BCUT2D eigenvalue weighted by Crippen LogP contribution is -2.20. The maximum absolute atomic E-state index is 11.5. The molecule has 0 radical (unpaired) electrons. The number of benzene rings is 1. The van der Waals surface area contributed by atoms with E-state index in [1.807, 2.05) is 0 Å². The van der Waals surface area contributed by atoms with E-state index >= 15 is 0 Å². The Balaban J connectivity index is 2.57. The fourth-order valence-corrected chi connectivity index (χ4v) is 2.67. The van der Waals surface area contributed by atoms with Gasteiger partial charge in [0.05, 0.1) is 23.2 Å². The van der Waals surface area contributed by atoms with Crippen molar-refractivity contribution in [2.45, 2.75) is 11.7 Å². The maximum Gasteiger partial charge on any atom is 0.273 e. The number of rotatable bonds is 5. The first-order valence-corrected chi connectivity index (χ1v) is 8.05. The summed E-state index contributed by atoms with van der Waals surface area (Å²) in [6.07, 6.45) is 0. The van der Waals surface area contributed by atoms with Crippen molar-refractivity contribution in [3.05, 3.63) is 28.2 Å². The molecule has 0 saturated heterocycles. The topological polar surface area (TPSA) is 100 Å². The Morgan fingerprint density at radius 2 is 2.00 bits per heavy atom. The summed E-state index contributed by atoms with van der Waals surface area (Å²) in [7, 11) is -2.49. The lowest BCUT2D eigenvalue weighted by Gasteiger charge is -2.09. The van der Waals surface area contributed by atoms with Crippen LogP contribution in [0.2, 0.25) is 10.0 Å². The fourth-order valence-electron chi connectivity index (χ4n) is 1.73. The standard InChI is InChI=1S/C11H12Cl2N4O3S/c1-20-5-4-17-10(15-16-11(17)21(14,18)19)7-2-3-8(12)9(13)6-7/h2-3,6H,4-5H2,1H3,(H2,14,18,19). The molecule has 10 heteroatoms. The number of hydrogen-bond acceptors (Lipinski definition) is 5. The van der Waals surface area contributed by atoms with E-state index in [-0.39, 0.29) is 18.3 Å². The molecule has 1 aromatic heterocycles. The first-order chi connectivity index (χ1) is 9.84. The van der Waals surface area contributed by atoms with Crippen molar-refractivity contribution in [2.24, 2.45) is 5.14 Å². The van der Waals surface area contributed by atoms with Gasteiger partial charge < -0.3 is 4.74 Å². The highest BCUT2D eigenvalue weighted by atomic mass is 35.5. The SMILES string of the molecule is COCCn1c(-c2ccc(Cl)c(Cl)c2)nnc1S(N)(=O)=O. The molecule has 1 aromatic carbocycles. The molecule has 0 fully saturated rings. The molecule has 0 atom stereocenters. The fraction of sp³-hybridized carbons (Fsp3) is 0.273.